The fourth-order valence-electron chi connectivity index (χ4n) is 6.99. The summed E-state index contributed by atoms with van der Waals surface area (Å²) in [6.07, 6.45) is 3.17. The van der Waals surface area contributed by atoms with Gasteiger partial charge in [-0.1, -0.05) is 18.5 Å². The second-order valence-corrected chi connectivity index (χ2v) is 13.7. The molecule has 0 aliphatic carbocycles. The number of fused-ring (bicyclic) bond motifs is 2. The topological polar surface area (TPSA) is 137 Å². The number of hydrogen-bond donors (Lipinski definition) is 3. The lowest BCUT2D eigenvalue weighted by molar-refractivity contribution is -0.134. The van der Waals surface area contributed by atoms with Gasteiger partial charge in [-0.05, 0) is 60.7 Å². The summed E-state index contributed by atoms with van der Waals surface area (Å²) in [5, 5.41) is 15.2. The Morgan fingerprint density at radius 2 is 1.90 bits per heavy atom. The molecule has 3 atom stereocenters. The average Bonchev–Trinajstić information content (AvgIpc) is 3.52. The SMILES string of the molecule is C[C@@H]1CN(c2ncc(Cl)c(Nc3ccc4c(c3)CC(=O)N4CC(C)(F)F)n2)CC[C@H]1Nc1ccc2c([C@@H]3CCC(=O)NC3=O)nn(C)c2c1. The zero-order chi connectivity index (χ0) is 34.6. The van der Waals surface area contributed by atoms with Crippen LogP contribution in [-0.2, 0) is 27.9 Å². The molecule has 3 amide bonds. The lowest BCUT2D eigenvalue weighted by Crippen LogP contribution is -2.46. The zero-order valence-electron chi connectivity index (χ0n) is 27.3. The molecule has 49 heavy (non-hydrogen) atoms. The normalized spacial score (nSPS) is 21.3. The van der Waals surface area contributed by atoms with Crippen molar-refractivity contribution in [3.8, 4) is 0 Å². The first-order valence-corrected chi connectivity index (χ1v) is 16.6. The highest BCUT2D eigenvalue weighted by Gasteiger charge is 2.35. The van der Waals surface area contributed by atoms with Crippen molar-refractivity contribution in [2.24, 2.45) is 13.0 Å². The third kappa shape index (κ3) is 6.61. The van der Waals surface area contributed by atoms with Crippen molar-refractivity contribution in [1.29, 1.82) is 0 Å². The van der Waals surface area contributed by atoms with Crippen LogP contribution in [0.4, 0.5) is 37.6 Å². The molecule has 0 saturated carbocycles. The first-order valence-electron chi connectivity index (χ1n) is 16.3. The van der Waals surface area contributed by atoms with Gasteiger partial charge >= 0.3 is 0 Å². The van der Waals surface area contributed by atoms with Crippen LogP contribution in [-0.4, -0.2) is 69.1 Å². The van der Waals surface area contributed by atoms with Crippen LogP contribution >= 0.6 is 11.6 Å². The molecule has 2 aromatic heterocycles. The molecule has 15 heteroatoms. The molecular weight excluding hydrogens is 656 g/mol. The van der Waals surface area contributed by atoms with E-state index in [0.29, 0.717) is 65.4 Å². The van der Waals surface area contributed by atoms with Crippen LogP contribution in [0.2, 0.25) is 5.02 Å². The lowest BCUT2D eigenvalue weighted by atomic mass is 9.92. The quantitative estimate of drug-likeness (QED) is 0.214. The molecule has 3 aliphatic rings. The van der Waals surface area contributed by atoms with Gasteiger partial charge in [-0.2, -0.15) is 10.1 Å². The number of amides is 3. The Balaban J connectivity index is 1.01. The molecule has 2 saturated heterocycles. The zero-order valence-corrected chi connectivity index (χ0v) is 28.0. The van der Waals surface area contributed by atoms with E-state index in [9.17, 15) is 23.2 Å². The summed E-state index contributed by atoms with van der Waals surface area (Å²) in [5.41, 5.74) is 4.31. The molecule has 256 valence electrons. The molecule has 0 unspecified atom stereocenters. The number of nitrogens with zero attached hydrogens (tertiary/aromatic N) is 6. The number of carbonyl (C=O) groups is 3. The fraction of sp³-hybridized carbons (Fsp3) is 0.412. The number of alkyl halides is 2. The number of carbonyl (C=O) groups excluding carboxylic acids is 3. The molecule has 4 aromatic rings. The monoisotopic (exact) mass is 691 g/mol. The van der Waals surface area contributed by atoms with Crippen molar-refractivity contribution >= 4 is 69.1 Å². The highest BCUT2D eigenvalue weighted by atomic mass is 35.5. The van der Waals surface area contributed by atoms with Crippen molar-refractivity contribution in [2.45, 2.75) is 57.4 Å². The van der Waals surface area contributed by atoms with Crippen LogP contribution in [0.1, 0.15) is 50.3 Å². The molecule has 0 bridgehead atoms. The third-order valence-electron chi connectivity index (χ3n) is 9.43. The van der Waals surface area contributed by atoms with Crippen LogP contribution in [0.3, 0.4) is 0 Å². The molecule has 0 spiro atoms. The van der Waals surface area contributed by atoms with E-state index in [1.807, 2.05) is 25.2 Å². The Kier molecular flexibility index (Phi) is 8.37. The van der Waals surface area contributed by atoms with E-state index in [-0.39, 0.29) is 36.1 Å². The lowest BCUT2D eigenvalue weighted by Gasteiger charge is -2.37. The minimum Gasteiger partial charge on any atom is -0.382 e. The van der Waals surface area contributed by atoms with E-state index in [2.05, 4.69) is 37.9 Å². The van der Waals surface area contributed by atoms with E-state index >= 15 is 0 Å². The smallest absolute Gasteiger partial charge is 0.263 e. The van der Waals surface area contributed by atoms with Gasteiger partial charge in [0.15, 0.2) is 5.82 Å². The molecule has 2 aromatic carbocycles. The maximum Gasteiger partial charge on any atom is 0.263 e. The number of aryl methyl sites for hydroxylation is 1. The number of aromatic nitrogens is 4. The molecule has 3 N–H and O–H groups in total. The molecule has 2 fully saturated rings. The number of halogens is 3. The Bertz CT molecular complexity index is 1980. The van der Waals surface area contributed by atoms with Crippen molar-refractivity contribution < 1.29 is 23.2 Å². The summed E-state index contributed by atoms with van der Waals surface area (Å²) in [6.45, 7) is 3.71. The number of imide groups is 1. The van der Waals surface area contributed by atoms with E-state index in [4.69, 9.17) is 16.6 Å². The summed E-state index contributed by atoms with van der Waals surface area (Å²) in [5.74, 6) is -3.20. The Morgan fingerprint density at radius 3 is 2.65 bits per heavy atom. The molecule has 3 aliphatic heterocycles. The van der Waals surface area contributed by atoms with Crippen LogP contribution in [0, 0.1) is 5.92 Å². The van der Waals surface area contributed by atoms with Gasteiger partial charge in [0.05, 0.1) is 36.3 Å². The second-order valence-electron chi connectivity index (χ2n) is 13.3. The van der Waals surface area contributed by atoms with E-state index in [1.54, 1.807) is 29.1 Å². The van der Waals surface area contributed by atoms with Crippen molar-refractivity contribution in [1.82, 2.24) is 25.1 Å². The maximum absolute atomic E-state index is 13.7. The van der Waals surface area contributed by atoms with Gasteiger partial charge in [0.1, 0.15) is 5.02 Å². The number of rotatable bonds is 8. The van der Waals surface area contributed by atoms with Gasteiger partial charge < -0.3 is 20.4 Å². The van der Waals surface area contributed by atoms with Gasteiger partial charge in [0, 0.05) is 62.0 Å². The van der Waals surface area contributed by atoms with Gasteiger partial charge in [0.25, 0.3) is 5.92 Å². The third-order valence-corrected chi connectivity index (χ3v) is 9.71. The van der Waals surface area contributed by atoms with E-state index < -0.39 is 18.4 Å². The molecule has 7 rings (SSSR count). The first kappa shape index (κ1) is 32.7. The number of hydrogen-bond acceptors (Lipinski definition) is 9. The van der Waals surface area contributed by atoms with Crippen molar-refractivity contribution in [2.75, 3.05) is 40.1 Å². The summed E-state index contributed by atoms with van der Waals surface area (Å²) < 4.78 is 29.1. The van der Waals surface area contributed by atoms with Crippen LogP contribution in [0.25, 0.3) is 10.9 Å². The second kappa shape index (κ2) is 12.6. The maximum atomic E-state index is 13.7. The first-order chi connectivity index (χ1) is 23.3. The largest absolute Gasteiger partial charge is 0.382 e. The Morgan fingerprint density at radius 1 is 1.10 bits per heavy atom. The van der Waals surface area contributed by atoms with Crippen LogP contribution in [0.5, 0.6) is 0 Å². The molecule has 12 nitrogen and oxygen atoms in total. The summed E-state index contributed by atoms with van der Waals surface area (Å²) in [7, 11) is 1.85. The fourth-order valence-corrected chi connectivity index (χ4v) is 7.13. The predicted molar refractivity (Wildman–Crippen MR) is 183 cm³/mol. The summed E-state index contributed by atoms with van der Waals surface area (Å²) in [4.78, 5) is 49.1. The number of benzene rings is 2. The Labute approximate surface area is 286 Å². The highest BCUT2D eigenvalue weighted by molar-refractivity contribution is 6.33. The van der Waals surface area contributed by atoms with Gasteiger partial charge in [-0.25, -0.2) is 13.8 Å². The van der Waals surface area contributed by atoms with Crippen molar-refractivity contribution in [3.63, 3.8) is 0 Å². The molecule has 0 radical (unpaired) electrons. The number of nitrogens with one attached hydrogen (secondary N) is 3. The minimum absolute atomic E-state index is 0.0455. The summed E-state index contributed by atoms with van der Waals surface area (Å²) in [6, 6.07) is 11.4. The van der Waals surface area contributed by atoms with E-state index in [1.165, 1.54) is 0 Å². The van der Waals surface area contributed by atoms with Gasteiger partial charge in [-0.3, -0.25) is 24.4 Å². The highest BCUT2D eigenvalue weighted by Crippen LogP contribution is 2.36. The standard InChI is InChI=1S/C34H36ClF2N9O3/c1-18-16-45(11-10-25(18)39-21-4-6-22-27(14-21)44(3)43-30(22)23-7-9-28(47)41-32(23)49)33-38-15-24(35)31(42-33)40-20-5-8-26-19(12-20)13-29(48)46(26)17-34(2,36)37/h4-6,8,12,14-15,18,23,25,39H,7,9-11,13,16-17H2,1-3H3,(H,38,40,42)(H,41,47,49)/t18-,23+,25-/m1/s1. The number of piperidine rings is 2. The number of anilines is 5. The summed E-state index contributed by atoms with van der Waals surface area (Å²) >= 11 is 6.47. The van der Waals surface area contributed by atoms with Crippen LogP contribution in [0.15, 0.2) is 42.6 Å². The predicted octanol–water partition coefficient (Wildman–Crippen LogP) is 5.15. The molecular formula is C34H36ClF2N9O3. The Hall–Kier alpha value is -4.85. The van der Waals surface area contributed by atoms with Gasteiger partial charge in [-0.15, -0.1) is 0 Å². The van der Waals surface area contributed by atoms with Crippen molar-refractivity contribution in [3.05, 3.63) is 58.9 Å². The minimum atomic E-state index is -3.00. The average molecular weight is 692 g/mol. The van der Waals surface area contributed by atoms with Gasteiger partial charge in [0.2, 0.25) is 23.7 Å². The molecule has 5 heterocycles. The van der Waals surface area contributed by atoms with Crippen LogP contribution < -0.4 is 25.8 Å². The van der Waals surface area contributed by atoms with E-state index in [0.717, 1.165) is 34.8 Å².